The number of carbonyl (C=O) groups excluding carboxylic acids is 4. The van der Waals surface area contributed by atoms with E-state index in [1.807, 2.05) is 55.7 Å². The van der Waals surface area contributed by atoms with Crippen molar-refractivity contribution in [2.45, 2.75) is 84.1 Å². The molecule has 0 unspecified atom stereocenters. The SMILES string of the molecule is CC(C)(C)[C@H](c1cc(-c2cc(F)ccc2F)cn1Cc1ccccc1)N(CCCNC(=O)OCC[Si](C)(C)C)C(=O)CSC[C@H](NC(=O)CCOCCOCCOCCOCCNC(=O)CN)C(=O)O.O=C(O)C(F)(F)F. The third-order valence-electron chi connectivity index (χ3n) is 10.8. The summed E-state index contributed by atoms with van der Waals surface area (Å²) in [5.74, 6) is -6.62. The Morgan fingerprint density at radius 1 is 0.792 bits per heavy atom. The molecule has 0 aliphatic rings. The van der Waals surface area contributed by atoms with Crippen LogP contribution in [0, 0.1) is 17.0 Å². The number of halogens is 5. The number of thioether (sulfide) groups is 1. The van der Waals surface area contributed by atoms with Crippen molar-refractivity contribution in [2.75, 3.05) is 97.1 Å². The van der Waals surface area contributed by atoms with Crippen LogP contribution in [-0.2, 0) is 54.2 Å². The summed E-state index contributed by atoms with van der Waals surface area (Å²) in [6, 6.07) is 13.5. The van der Waals surface area contributed by atoms with Gasteiger partial charge in [0.25, 0.3) is 0 Å². The number of benzene rings is 2. The molecule has 0 saturated heterocycles. The molecule has 0 fully saturated rings. The molecule has 77 heavy (non-hydrogen) atoms. The second-order valence-corrected chi connectivity index (χ2v) is 26.2. The number of aliphatic carboxylic acids is 2. The molecule has 432 valence electrons. The number of carbonyl (C=O) groups is 6. The quantitative estimate of drug-likeness (QED) is 0.0217. The van der Waals surface area contributed by atoms with Crippen LogP contribution in [0.1, 0.15) is 50.9 Å². The number of rotatable bonds is 34. The predicted molar refractivity (Wildman–Crippen MR) is 282 cm³/mol. The van der Waals surface area contributed by atoms with Gasteiger partial charge in [-0.2, -0.15) is 13.2 Å². The normalized spacial score (nSPS) is 12.4. The van der Waals surface area contributed by atoms with E-state index in [0.29, 0.717) is 70.4 Å². The Morgan fingerprint density at radius 3 is 1.95 bits per heavy atom. The van der Waals surface area contributed by atoms with Crippen molar-refractivity contribution in [3.05, 3.63) is 83.7 Å². The maximum Gasteiger partial charge on any atom is 0.490 e. The summed E-state index contributed by atoms with van der Waals surface area (Å²) in [5, 5.41) is 25.1. The van der Waals surface area contributed by atoms with Gasteiger partial charge >= 0.3 is 24.2 Å². The van der Waals surface area contributed by atoms with Crippen LogP contribution in [0.4, 0.5) is 26.7 Å². The maximum atomic E-state index is 15.3. The second-order valence-electron chi connectivity index (χ2n) is 19.5. The largest absolute Gasteiger partial charge is 0.490 e. The first-order valence-corrected chi connectivity index (χ1v) is 29.7. The highest BCUT2D eigenvalue weighted by atomic mass is 32.2. The zero-order valence-electron chi connectivity index (χ0n) is 44.5. The number of amides is 4. The molecule has 1 aromatic heterocycles. The average molecular weight is 1140 g/mol. The summed E-state index contributed by atoms with van der Waals surface area (Å²) >= 11 is 1.06. The molecule has 7 N–H and O–H groups in total. The first-order chi connectivity index (χ1) is 36.2. The van der Waals surface area contributed by atoms with Crippen molar-refractivity contribution in [1.82, 2.24) is 25.4 Å². The summed E-state index contributed by atoms with van der Waals surface area (Å²) < 4.78 is 90.7. The fraction of sp³-hybridized carbons (Fsp3) is 0.569. The van der Waals surface area contributed by atoms with Crippen LogP contribution in [0.25, 0.3) is 11.1 Å². The van der Waals surface area contributed by atoms with Crippen LogP contribution in [0.15, 0.2) is 60.8 Å². The van der Waals surface area contributed by atoms with Gasteiger partial charge in [0, 0.05) is 69.4 Å². The van der Waals surface area contributed by atoms with Gasteiger partial charge in [0.05, 0.1) is 77.8 Å². The summed E-state index contributed by atoms with van der Waals surface area (Å²) in [4.78, 5) is 73.9. The van der Waals surface area contributed by atoms with Crippen LogP contribution in [-0.4, -0.2) is 173 Å². The number of hydrogen-bond donors (Lipinski definition) is 6. The molecular formula is C51H75F5N6O13SSi. The van der Waals surface area contributed by atoms with Gasteiger partial charge in [-0.3, -0.25) is 14.4 Å². The van der Waals surface area contributed by atoms with Gasteiger partial charge in [-0.05, 0) is 47.7 Å². The van der Waals surface area contributed by atoms with Gasteiger partial charge < -0.3 is 65.0 Å². The Hall–Kier alpha value is -5.64. The van der Waals surface area contributed by atoms with E-state index in [9.17, 15) is 46.6 Å². The van der Waals surface area contributed by atoms with Crippen LogP contribution in [0.3, 0.4) is 0 Å². The number of hydrogen-bond acceptors (Lipinski definition) is 13. The lowest BCUT2D eigenvalue weighted by Gasteiger charge is -2.41. The van der Waals surface area contributed by atoms with E-state index in [2.05, 4.69) is 35.6 Å². The maximum absolute atomic E-state index is 15.3. The van der Waals surface area contributed by atoms with Crippen molar-refractivity contribution in [3.8, 4) is 11.1 Å². The highest BCUT2D eigenvalue weighted by molar-refractivity contribution is 8.00. The molecule has 0 bridgehead atoms. The Labute approximate surface area is 451 Å². The van der Waals surface area contributed by atoms with Gasteiger partial charge in [-0.15, -0.1) is 11.8 Å². The number of alkyl halides is 3. The molecule has 1 heterocycles. The number of nitrogens with one attached hydrogen (secondary N) is 3. The van der Waals surface area contributed by atoms with Gasteiger partial charge in [0.1, 0.15) is 17.7 Å². The Kier molecular flexibility index (Phi) is 30.7. The van der Waals surface area contributed by atoms with E-state index < -0.39 is 67.3 Å². The number of aromatic nitrogens is 1. The zero-order chi connectivity index (χ0) is 57.6. The number of nitrogens with two attached hydrogens (primary N) is 1. The van der Waals surface area contributed by atoms with Crippen molar-refractivity contribution < 1.29 is 84.6 Å². The lowest BCUT2D eigenvalue weighted by molar-refractivity contribution is -0.192. The molecule has 2 aromatic carbocycles. The monoisotopic (exact) mass is 1130 g/mol. The van der Waals surface area contributed by atoms with Gasteiger partial charge in [0.15, 0.2) is 0 Å². The van der Waals surface area contributed by atoms with E-state index in [1.54, 1.807) is 17.2 Å². The van der Waals surface area contributed by atoms with Crippen LogP contribution < -0.4 is 21.7 Å². The minimum absolute atomic E-state index is 0.0283. The smallest absolute Gasteiger partial charge is 0.480 e. The van der Waals surface area contributed by atoms with Crippen molar-refractivity contribution in [1.29, 1.82) is 0 Å². The van der Waals surface area contributed by atoms with E-state index in [-0.39, 0.29) is 74.8 Å². The Morgan fingerprint density at radius 2 is 1.39 bits per heavy atom. The lowest BCUT2D eigenvalue weighted by atomic mass is 9.83. The first kappa shape index (κ1) is 67.5. The summed E-state index contributed by atoms with van der Waals surface area (Å²) in [6.45, 7) is 16.0. The molecule has 0 saturated carbocycles. The fourth-order valence-electron chi connectivity index (χ4n) is 7.00. The summed E-state index contributed by atoms with van der Waals surface area (Å²) in [6.07, 6.45) is -3.65. The van der Waals surface area contributed by atoms with Gasteiger partial charge in [-0.25, -0.2) is 23.2 Å². The molecule has 0 radical (unpaired) electrons. The molecular weight excluding hydrogens is 1060 g/mol. The lowest BCUT2D eigenvalue weighted by Crippen LogP contribution is -2.45. The van der Waals surface area contributed by atoms with Crippen molar-refractivity contribution >= 4 is 55.6 Å². The number of alkyl carbamates (subject to hydrolysis) is 1. The van der Waals surface area contributed by atoms with Crippen LogP contribution in [0.2, 0.25) is 25.7 Å². The Bertz CT molecular complexity index is 2290. The summed E-state index contributed by atoms with van der Waals surface area (Å²) in [5.41, 5.74) is 6.66. The molecule has 0 aliphatic carbocycles. The number of nitrogens with zero attached hydrogens (tertiary/aromatic N) is 2. The summed E-state index contributed by atoms with van der Waals surface area (Å²) in [7, 11) is -1.43. The standard InChI is InChI=1S/C49H74F2N6O11SSi.C2HF3O2/c1-49(2,3)46(42-29-37(39-30-38(50)13-14-40(39)51)33-56(42)32-36-11-8-7-9-12-36)57(18-10-16-54-48(63)68-27-28-70(4,5)6)45(60)35-69-34-41(47(61)62)55-43(58)15-19-64-21-23-66-25-26-67-24-22-65-20-17-53-44(59)31-52;3-2(4,5)1(6)7/h7-9,11-14,29-30,33,41,46H,10,15-28,31-32,34-35,52H2,1-6H3,(H,53,59)(H,54,63)(H,55,58)(H,61,62);(H,6,7)/t41-,46-;/m0./s1. The van der Waals surface area contributed by atoms with E-state index in [0.717, 1.165) is 41.6 Å². The second kappa shape index (κ2) is 35.0. The van der Waals surface area contributed by atoms with Crippen molar-refractivity contribution in [3.63, 3.8) is 0 Å². The minimum Gasteiger partial charge on any atom is -0.480 e. The molecule has 3 rings (SSSR count). The van der Waals surface area contributed by atoms with E-state index in [1.165, 1.54) is 0 Å². The molecule has 4 amide bonds. The zero-order valence-corrected chi connectivity index (χ0v) is 46.3. The highest BCUT2D eigenvalue weighted by Crippen LogP contribution is 2.41. The van der Waals surface area contributed by atoms with Crippen LogP contribution in [0.5, 0.6) is 0 Å². The third-order valence-corrected chi connectivity index (χ3v) is 13.5. The highest BCUT2D eigenvalue weighted by Gasteiger charge is 2.39. The molecule has 0 aliphatic heterocycles. The first-order valence-electron chi connectivity index (χ1n) is 24.8. The molecule has 26 heteroatoms. The fourth-order valence-corrected chi connectivity index (χ4v) is 8.63. The van der Waals surface area contributed by atoms with Gasteiger partial charge in [0.2, 0.25) is 17.7 Å². The molecule has 19 nitrogen and oxygen atoms in total. The topological polar surface area (TPSA) is 259 Å². The average Bonchev–Trinajstić information content (AvgIpc) is 3.75. The van der Waals surface area contributed by atoms with Gasteiger partial charge in [-0.1, -0.05) is 70.7 Å². The predicted octanol–water partition coefficient (Wildman–Crippen LogP) is 6.32. The van der Waals surface area contributed by atoms with E-state index >= 15 is 4.39 Å². The third kappa shape index (κ3) is 28.5. The molecule has 0 spiro atoms. The van der Waals surface area contributed by atoms with E-state index in [4.69, 9.17) is 39.3 Å². The number of carboxylic acids is 2. The number of ether oxygens (including phenoxy) is 5. The Balaban J connectivity index is 0.00000270. The van der Waals surface area contributed by atoms with Crippen molar-refractivity contribution in [2.24, 2.45) is 11.1 Å². The number of carboxylic acid groups (broad SMARTS) is 2. The molecule has 3 aromatic rings. The molecule has 2 atom stereocenters. The minimum atomic E-state index is -5.08. The van der Waals surface area contributed by atoms with Crippen LogP contribution >= 0.6 is 11.8 Å².